The van der Waals surface area contributed by atoms with Crippen molar-refractivity contribution in [3.8, 4) is 11.5 Å². The Bertz CT molecular complexity index is 1080. The number of nitrogen functional groups attached to an aromatic ring is 1. The first-order chi connectivity index (χ1) is 14.9. The number of esters is 1. The Morgan fingerprint density at radius 1 is 1.06 bits per heavy atom. The molecule has 0 fully saturated rings. The SMILES string of the molecule is COc1cc(Br)c(CC(=O)OCc2nc(N)nc(Nc3ccc(C)cc3)n2)cc1OC. The average molecular weight is 488 g/mol. The third-order valence-corrected chi connectivity index (χ3v) is 4.99. The van der Waals surface area contributed by atoms with Crippen LogP contribution in [0.25, 0.3) is 0 Å². The van der Waals surface area contributed by atoms with Crippen molar-refractivity contribution in [2.24, 2.45) is 0 Å². The van der Waals surface area contributed by atoms with Crippen LogP contribution in [0, 0.1) is 6.92 Å². The summed E-state index contributed by atoms with van der Waals surface area (Å²) in [6.07, 6.45) is 0.0238. The summed E-state index contributed by atoms with van der Waals surface area (Å²) < 4.78 is 16.6. The van der Waals surface area contributed by atoms with Crippen molar-refractivity contribution < 1.29 is 19.0 Å². The Morgan fingerprint density at radius 3 is 2.42 bits per heavy atom. The van der Waals surface area contributed by atoms with Gasteiger partial charge in [0.2, 0.25) is 11.9 Å². The smallest absolute Gasteiger partial charge is 0.310 e. The van der Waals surface area contributed by atoms with Gasteiger partial charge in [-0.3, -0.25) is 4.79 Å². The lowest BCUT2D eigenvalue weighted by molar-refractivity contribution is -0.144. The highest BCUT2D eigenvalue weighted by Crippen LogP contribution is 2.33. The number of benzene rings is 2. The van der Waals surface area contributed by atoms with E-state index in [0.29, 0.717) is 21.5 Å². The van der Waals surface area contributed by atoms with Crippen LogP contribution < -0.4 is 20.5 Å². The van der Waals surface area contributed by atoms with Crippen LogP contribution in [0.1, 0.15) is 17.0 Å². The average Bonchev–Trinajstić information content (AvgIpc) is 2.74. The second-order valence-corrected chi connectivity index (χ2v) is 7.41. The third-order valence-electron chi connectivity index (χ3n) is 4.26. The van der Waals surface area contributed by atoms with Gasteiger partial charge in [-0.05, 0) is 36.8 Å². The van der Waals surface area contributed by atoms with Crippen molar-refractivity contribution in [2.75, 3.05) is 25.3 Å². The van der Waals surface area contributed by atoms with Gasteiger partial charge in [-0.25, -0.2) is 0 Å². The number of rotatable bonds is 8. The van der Waals surface area contributed by atoms with Gasteiger partial charge in [0.1, 0.15) is 0 Å². The van der Waals surface area contributed by atoms with Crippen molar-refractivity contribution >= 4 is 39.5 Å². The van der Waals surface area contributed by atoms with Gasteiger partial charge in [0.25, 0.3) is 0 Å². The first-order valence-corrected chi connectivity index (χ1v) is 10.1. The molecular formula is C21H22BrN5O4. The van der Waals surface area contributed by atoms with E-state index in [1.165, 1.54) is 7.11 Å². The van der Waals surface area contributed by atoms with Crippen LogP contribution in [-0.2, 0) is 22.6 Å². The van der Waals surface area contributed by atoms with Crippen LogP contribution in [0.2, 0.25) is 0 Å². The monoisotopic (exact) mass is 487 g/mol. The minimum atomic E-state index is -0.458. The number of hydrogen-bond donors (Lipinski definition) is 2. The van der Waals surface area contributed by atoms with Gasteiger partial charge in [-0.15, -0.1) is 0 Å². The first-order valence-electron chi connectivity index (χ1n) is 9.28. The second kappa shape index (κ2) is 10.1. The standard InChI is InChI=1S/C21H22BrN5O4/c1-12-4-6-14(7-5-12)24-21-26-18(25-20(23)27-21)11-31-19(28)9-13-8-16(29-2)17(30-3)10-15(13)22/h4-8,10H,9,11H2,1-3H3,(H3,23,24,25,26,27). The number of hydrogen-bond acceptors (Lipinski definition) is 9. The molecule has 3 rings (SSSR count). The topological polar surface area (TPSA) is 121 Å². The quantitative estimate of drug-likeness (QED) is 0.459. The molecule has 0 aliphatic heterocycles. The molecule has 0 saturated carbocycles. The van der Waals surface area contributed by atoms with Gasteiger partial charge >= 0.3 is 5.97 Å². The fourth-order valence-corrected chi connectivity index (χ4v) is 3.17. The Balaban J connectivity index is 1.65. The Hall–Kier alpha value is -3.40. The van der Waals surface area contributed by atoms with Crippen molar-refractivity contribution in [3.63, 3.8) is 0 Å². The molecule has 9 nitrogen and oxygen atoms in total. The van der Waals surface area contributed by atoms with E-state index in [1.54, 1.807) is 19.2 Å². The first kappa shape index (κ1) is 22.3. The lowest BCUT2D eigenvalue weighted by Gasteiger charge is -2.12. The maximum atomic E-state index is 12.4. The molecular weight excluding hydrogens is 466 g/mol. The molecule has 0 bridgehead atoms. The summed E-state index contributed by atoms with van der Waals surface area (Å²) in [6.45, 7) is 1.86. The Labute approximate surface area is 188 Å². The second-order valence-electron chi connectivity index (χ2n) is 6.56. The molecule has 1 heterocycles. The van der Waals surface area contributed by atoms with E-state index in [9.17, 15) is 4.79 Å². The van der Waals surface area contributed by atoms with E-state index in [0.717, 1.165) is 11.3 Å². The lowest BCUT2D eigenvalue weighted by Crippen LogP contribution is -2.12. The summed E-state index contributed by atoms with van der Waals surface area (Å²) >= 11 is 3.43. The highest BCUT2D eigenvalue weighted by atomic mass is 79.9. The zero-order chi connectivity index (χ0) is 22.4. The molecule has 31 heavy (non-hydrogen) atoms. The highest BCUT2D eigenvalue weighted by molar-refractivity contribution is 9.10. The van der Waals surface area contributed by atoms with Crippen molar-refractivity contribution in [3.05, 3.63) is 57.8 Å². The fraction of sp³-hybridized carbons (Fsp3) is 0.238. The summed E-state index contributed by atoms with van der Waals surface area (Å²) in [5.74, 6) is 1.15. The van der Waals surface area contributed by atoms with Gasteiger partial charge in [-0.1, -0.05) is 33.6 Å². The van der Waals surface area contributed by atoms with Gasteiger partial charge < -0.3 is 25.3 Å². The zero-order valence-electron chi connectivity index (χ0n) is 17.3. The summed E-state index contributed by atoms with van der Waals surface area (Å²) in [6, 6.07) is 11.2. The number of methoxy groups -OCH3 is 2. The maximum absolute atomic E-state index is 12.4. The normalized spacial score (nSPS) is 10.5. The molecule has 0 saturated heterocycles. The molecule has 10 heteroatoms. The largest absolute Gasteiger partial charge is 0.493 e. The van der Waals surface area contributed by atoms with Crippen molar-refractivity contribution in [1.29, 1.82) is 0 Å². The van der Waals surface area contributed by atoms with E-state index in [2.05, 4.69) is 36.2 Å². The number of aryl methyl sites for hydroxylation is 1. The molecule has 0 aliphatic rings. The predicted octanol–water partition coefficient (Wildman–Crippen LogP) is 3.57. The van der Waals surface area contributed by atoms with Crippen LogP contribution >= 0.6 is 15.9 Å². The van der Waals surface area contributed by atoms with Gasteiger partial charge in [-0.2, -0.15) is 15.0 Å². The summed E-state index contributed by atoms with van der Waals surface area (Å²) in [7, 11) is 3.07. The summed E-state index contributed by atoms with van der Waals surface area (Å²) in [5.41, 5.74) is 8.40. The van der Waals surface area contributed by atoms with E-state index in [4.69, 9.17) is 19.9 Å². The fourth-order valence-electron chi connectivity index (χ4n) is 2.71. The number of ether oxygens (including phenoxy) is 3. The Morgan fingerprint density at radius 2 is 1.74 bits per heavy atom. The number of nitrogens with zero attached hydrogens (tertiary/aromatic N) is 3. The molecule has 0 aliphatic carbocycles. The molecule has 0 atom stereocenters. The molecule has 2 aromatic carbocycles. The van der Waals surface area contributed by atoms with Crippen LogP contribution in [0.15, 0.2) is 40.9 Å². The maximum Gasteiger partial charge on any atom is 0.310 e. The highest BCUT2D eigenvalue weighted by Gasteiger charge is 2.15. The van der Waals surface area contributed by atoms with Crippen LogP contribution in [0.5, 0.6) is 11.5 Å². The van der Waals surface area contributed by atoms with Crippen molar-refractivity contribution in [2.45, 2.75) is 20.0 Å². The minimum absolute atomic E-state index is 0.0238. The zero-order valence-corrected chi connectivity index (χ0v) is 18.9. The van der Waals surface area contributed by atoms with E-state index in [-0.39, 0.29) is 30.7 Å². The molecule has 162 valence electrons. The van der Waals surface area contributed by atoms with E-state index in [1.807, 2.05) is 31.2 Å². The summed E-state index contributed by atoms with van der Waals surface area (Å²) in [5, 5.41) is 3.06. The van der Waals surface area contributed by atoms with Gasteiger partial charge in [0.15, 0.2) is 23.9 Å². The number of nitrogens with two attached hydrogens (primary N) is 1. The number of halogens is 1. The van der Waals surface area contributed by atoms with Crippen molar-refractivity contribution in [1.82, 2.24) is 15.0 Å². The lowest BCUT2D eigenvalue weighted by atomic mass is 10.1. The van der Waals surface area contributed by atoms with Gasteiger partial charge in [0, 0.05) is 10.2 Å². The number of anilines is 3. The Kier molecular flexibility index (Phi) is 7.24. The molecule has 0 unspecified atom stereocenters. The van der Waals surface area contributed by atoms with Crippen LogP contribution in [-0.4, -0.2) is 35.1 Å². The number of carbonyl (C=O) groups excluding carboxylic acids is 1. The van der Waals surface area contributed by atoms with Crippen LogP contribution in [0.4, 0.5) is 17.6 Å². The molecule has 1 aromatic heterocycles. The molecule has 3 aromatic rings. The van der Waals surface area contributed by atoms with E-state index < -0.39 is 5.97 Å². The summed E-state index contributed by atoms with van der Waals surface area (Å²) in [4.78, 5) is 24.7. The molecule has 0 radical (unpaired) electrons. The molecule has 0 spiro atoms. The molecule has 3 N–H and O–H groups in total. The molecule has 0 amide bonds. The van der Waals surface area contributed by atoms with Crippen LogP contribution in [0.3, 0.4) is 0 Å². The number of nitrogens with one attached hydrogen (secondary N) is 1. The van der Waals surface area contributed by atoms with Gasteiger partial charge in [0.05, 0.1) is 20.6 Å². The number of aromatic nitrogens is 3. The minimum Gasteiger partial charge on any atom is -0.493 e. The predicted molar refractivity (Wildman–Crippen MR) is 119 cm³/mol. The number of carbonyl (C=O) groups is 1. The van der Waals surface area contributed by atoms with E-state index >= 15 is 0 Å². The third kappa shape index (κ3) is 6.05.